The molecule has 1 aromatic rings. The van der Waals surface area contributed by atoms with Crippen LogP contribution in [0.3, 0.4) is 0 Å². The molecule has 0 aliphatic carbocycles. The molecule has 0 aliphatic heterocycles. The second kappa shape index (κ2) is 5.88. The van der Waals surface area contributed by atoms with Crippen molar-refractivity contribution in [3.8, 4) is 0 Å². The number of rotatable bonds is 6. The molecule has 0 amide bonds. The van der Waals surface area contributed by atoms with Crippen LogP contribution in [-0.4, -0.2) is 29.5 Å². The van der Waals surface area contributed by atoms with Crippen LogP contribution in [0.15, 0.2) is 12.3 Å². The molecule has 1 aromatic heterocycles. The van der Waals surface area contributed by atoms with E-state index in [0.29, 0.717) is 0 Å². The Kier molecular flexibility index (Phi) is 4.78. The van der Waals surface area contributed by atoms with E-state index in [9.17, 15) is 0 Å². The van der Waals surface area contributed by atoms with Gasteiger partial charge in [0.15, 0.2) is 0 Å². The zero-order valence-corrected chi connectivity index (χ0v) is 10.0. The monoisotopic (exact) mass is 211 g/mol. The van der Waals surface area contributed by atoms with E-state index in [2.05, 4.69) is 30.3 Å². The molecule has 0 fully saturated rings. The molecule has 2 unspecified atom stereocenters. The molecule has 0 radical (unpaired) electrons. The molecule has 86 valence electrons. The molecule has 1 heterocycles. The van der Waals surface area contributed by atoms with Crippen molar-refractivity contribution < 1.29 is 4.74 Å². The lowest BCUT2D eigenvalue weighted by Gasteiger charge is -2.19. The second-order valence-corrected chi connectivity index (χ2v) is 3.81. The highest BCUT2D eigenvalue weighted by Gasteiger charge is 2.16. The Morgan fingerprint density at radius 2 is 2.33 bits per heavy atom. The van der Waals surface area contributed by atoms with Crippen LogP contribution in [0.1, 0.15) is 32.0 Å². The van der Waals surface area contributed by atoms with E-state index < -0.39 is 0 Å². The maximum absolute atomic E-state index is 5.28. The van der Waals surface area contributed by atoms with E-state index in [1.165, 1.54) is 0 Å². The van der Waals surface area contributed by atoms with Gasteiger partial charge in [-0.15, -0.1) is 0 Å². The maximum atomic E-state index is 5.28. The van der Waals surface area contributed by atoms with Crippen molar-refractivity contribution in [2.75, 3.05) is 13.7 Å². The number of nitrogens with one attached hydrogen (secondary N) is 1. The quantitative estimate of drug-likeness (QED) is 0.775. The smallest absolute Gasteiger partial charge is 0.0794 e. The van der Waals surface area contributed by atoms with Crippen molar-refractivity contribution in [3.05, 3.63) is 18.0 Å². The van der Waals surface area contributed by atoms with E-state index in [4.69, 9.17) is 4.74 Å². The average Bonchev–Trinajstić information content (AvgIpc) is 2.64. The molecule has 4 heteroatoms. The first-order chi connectivity index (χ1) is 7.17. The van der Waals surface area contributed by atoms with Gasteiger partial charge in [0.1, 0.15) is 0 Å². The summed E-state index contributed by atoms with van der Waals surface area (Å²) >= 11 is 0. The summed E-state index contributed by atoms with van der Waals surface area (Å²) in [5, 5.41) is 7.84. The molecule has 0 spiro atoms. The Morgan fingerprint density at radius 1 is 1.60 bits per heavy atom. The lowest BCUT2D eigenvalue weighted by Crippen LogP contribution is -2.25. The third-order valence-electron chi connectivity index (χ3n) is 2.51. The van der Waals surface area contributed by atoms with Gasteiger partial charge in [-0.2, -0.15) is 5.10 Å². The molecule has 1 rings (SSSR count). The number of hydrogen-bond donors (Lipinski definition) is 1. The molecule has 1 N–H and O–H groups in total. The Bertz CT molecular complexity index is 285. The van der Waals surface area contributed by atoms with E-state index in [1.54, 1.807) is 7.11 Å². The van der Waals surface area contributed by atoms with Crippen LogP contribution in [0.25, 0.3) is 0 Å². The number of nitrogens with zero attached hydrogens (tertiary/aromatic N) is 2. The van der Waals surface area contributed by atoms with Crippen LogP contribution < -0.4 is 5.32 Å². The molecule has 15 heavy (non-hydrogen) atoms. The summed E-state index contributed by atoms with van der Waals surface area (Å²) in [6.07, 6.45) is 3.16. The van der Waals surface area contributed by atoms with E-state index in [0.717, 1.165) is 18.7 Å². The third-order valence-corrected chi connectivity index (χ3v) is 2.51. The minimum absolute atomic E-state index is 0.246. The van der Waals surface area contributed by atoms with Gasteiger partial charge in [-0.25, -0.2) is 0 Å². The van der Waals surface area contributed by atoms with E-state index >= 15 is 0 Å². The molecular weight excluding hydrogens is 190 g/mol. The van der Waals surface area contributed by atoms with Crippen molar-refractivity contribution >= 4 is 0 Å². The molecular formula is C11H21N3O. The minimum atomic E-state index is 0.246. The van der Waals surface area contributed by atoms with Gasteiger partial charge in [0.25, 0.3) is 0 Å². The highest BCUT2D eigenvalue weighted by molar-refractivity contribution is 5.05. The van der Waals surface area contributed by atoms with Crippen molar-refractivity contribution in [3.63, 3.8) is 0 Å². The standard InChI is InChI=1S/C11H21N3O/c1-5-12-11(8-9(2)15-4)10-6-7-14(3)13-10/h6-7,9,11-12H,5,8H2,1-4H3. The topological polar surface area (TPSA) is 39.1 Å². The Morgan fingerprint density at radius 3 is 2.80 bits per heavy atom. The lowest BCUT2D eigenvalue weighted by atomic mass is 10.1. The summed E-state index contributed by atoms with van der Waals surface area (Å²) in [5.41, 5.74) is 1.09. The summed E-state index contributed by atoms with van der Waals surface area (Å²) < 4.78 is 7.11. The molecule has 4 nitrogen and oxygen atoms in total. The molecule has 0 saturated heterocycles. The van der Waals surface area contributed by atoms with Crippen LogP contribution in [0.4, 0.5) is 0 Å². The Hall–Kier alpha value is -0.870. The first kappa shape index (κ1) is 12.2. The molecule has 0 bridgehead atoms. The fourth-order valence-corrected chi connectivity index (χ4v) is 1.60. The Balaban J connectivity index is 2.65. The number of aryl methyl sites for hydroxylation is 1. The predicted molar refractivity (Wildman–Crippen MR) is 60.7 cm³/mol. The molecule has 0 saturated carbocycles. The predicted octanol–water partition coefficient (Wildman–Crippen LogP) is 1.50. The minimum Gasteiger partial charge on any atom is -0.382 e. The largest absolute Gasteiger partial charge is 0.382 e. The van der Waals surface area contributed by atoms with E-state index in [-0.39, 0.29) is 12.1 Å². The van der Waals surface area contributed by atoms with Crippen LogP contribution in [-0.2, 0) is 11.8 Å². The number of methoxy groups -OCH3 is 1. The summed E-state index contributed by atoms with van der Waals surface area (Å²) in [6.45, 7) is 5.12. The van der Waals surface area contributed by atoms with Gasteiger partial charge in [0, 0.05) is 20.4 Å². The van der Waals surface area contributed by atoms with Crippen molar-refractivity contribution in [2.24, 2.45) is 7.05 Å². The second-order valence-electron chi connectivity index (χ2n) is 3.81. The molecule has 0 aliphatic rings. The first-order valence-corrected chi connectivity index (χ1v) is 5.43. The number of ether oxygens (including phenoxy) is 1. The zero-order valence-electron chi connectivity index (χ0n) is 10.0. The van der Waals surface area contributed by atoms with Crippen molar-refractivity contribution in [1.82, 2.24) is 15.1 Å². The van der Waals surface area contributed by atoms with E-state index in [1.807, 2.05) is 17.9 Å². The Labute approximate surface area is 91.6 Å². The number of hydrogen-bond acceptors (Lipinski definition) is 3. The fraction of sp³-hybridized carbons (Fsp3) is 0.727. The van der Waals surface area contributed by atoms with Gasteiger partial charge >= 0.3 is 0 Å². The van der Waals surface area contributed by atoms with Crippen molar-refractivity contribution in [1.29, 1.82) is 0 Å². The van der Waals surface area contributed by atoms with Crippen LogP contribution in [0.2, 0.25) is 0 Å². The van der Waals surface area contributed by atoms with Gasteiger partial charge in [-0.1, -0.05) is 6.92 Å². The SMILES string of the molecule is CCNC(CC(C)OC)c1ccn(C)n1. The van der Waals surface area contributed by atoms with Crippen LogP contribution in [0, 0.1) is 0 Å². The van der Waals surface area contributed by atoms with Gasteiger partial charge in [-0.3, -0.25) is 4.68 Å². The third kappa shape index (κ3) is 3.64. The van der Waals surface area contributed by atoms with Gasteiger partial charge in [0.05, 0.1) is 17.8 Å². The average molecular weight is 211 g/mol. The lowest BCUT2D eigenvalue weighted by molar-refractivity contribution is 0.100. The highest BCUT2D eigenvalue weighted by atomic mass is 16.5. The molecule has 2 atom stereocenters. The van der Waals surface area contributed by atoms with Gasteiger partial charge < -0.3 is 10.1 Å². The van der Waals surface area contributed by atoms with Crippen LogP contribution in [0.5, 0.6) is 0 Å². The van der Waals surface area contributed by atoms with Crippen LogP contribution >= 0.6 is 0 Å². The zero-order chi connectivity index (χ0) is 11.3. The first-order valence-electron chi connectivity index (χ1n) is 5.43. The van der Waals surface area contributed by atoms with Gasteiger partial charge in [0.2, 0.25) is 0 Å². The maximum Gasteiger partial charge on any atom is 0.0794 e. The highest BCUT2D eigenvalue weighted by Crippen LogP contribution is 2.17. The molecule has 0 aromatic carbocycles. The summed E-state index contributed by atoms with van der Waals surface area (Å²) in [6, 6.07) is 2.33. The number of aromatic nitrogens is 2. The fourth-order valence-electron chi connectivity index (χ4n) is 1.60. The summed E-state index contributed by atoms with van der Waals surface area (Å²) in [4.78, 5) is 0. The normalized spacial score (nSPS) is 15.2. The van der Waals surface area contributed by atoms with Gasteiger partial charge in [-0.05, 0) is 26.0 Å². The summed E-state index contributed by atoms with van der Waals surface area (Å²) in [7, 11) is 3.68. The summed E-state index contributed by atoms with van der Waals surface area (Å²) in [5.74, 6) is 0. The van der Waals surface area contributed by atoms with Crippen molar-refractivity contribution in [2.45, 2.75) is 32.4 Å².